The van der Waals surface area contributed by atoms with Crippen molar-refractivity contribution in [3.63, 3.8) is 0 Å². The second-order valence-corrected chi connectivity index (χ2v) is 7.60. The van der Waals surface area contributed by atoms with E-state index in [2.05, 4.69) is 31.0 Å². The maximum atomic E-state index is 12.4. The fraction of sp³-hybridized carbons (Fsp3) is 0.938. The van der Waals surface area contributed by atoms with Gasteiger partial charge in [-0.3, -0.25) is 4.79 Å². The summed E-state index contributed by atoms with van der Waals surface area (Å²) in [5, 5.41) is 3.40. The molecule has 1 aliphatic carbocycles. The predicted octanol–water partition coefficient (Wildman–Crippen LogP) is 2.13. The third kappa shape index (κ3) is 2.42. The van der Waals surface area contributed by atoms with Crippen LogP contribution in [0.4, 0.5) is 0 Å². The summed E-state index contributed by atoms with van der Waals surface area (Å²) in [5.74, 6) is 3.28. The van der Waals surface area contributed by atoms with Crippen molar-refractivity contribution in [2.75, 3.05) is 26.2 Å². The minimum Gasteiger partial charge on any atom is -0.342 e. The van der Waals surface area contributed by atoms with Gasteiger partial charge in [0.05, 0.1) is 0 Å². The number of piperidine rings is 2. The molecule has 0 aromatic rings. The first kappa shape index (κ1) is 13.4. The van der Waals surface area contributed by atoms with E-state index in [1.807, 2.05) is 0 Å². The summed E-state index contributed by atoms with van der Waals surface area (Å²) in [6, 6.07) is 0. The number of nitrogens with zero attached hydrogens (tertiary/aromatic N) is 1. The van der Waals surface area contributed by atoms with Crippen molar-refractivity contribution in [2.45, 2.75) is 40.0 Å². The molecular formula is C16H28N2O. The number of likely N-dealkylation sites (tertiary alicyclic amines) is 1. The highest BCUT2D eigenvalue weighted by Crippen LogP contribution is 2.62. The lowest BCUT2D eigenvalue weighted by Crippen LogP contribution is -2.36. The number of fused-ring (bicyclic) bond motifs is 1. The van der Waals surface area contributed by atoms with Crippen molar-refractivity contribution < 1.29 is 4.79 Å². The van der Waals surface area contributed by atoms with E-state index in [0.29, 0.717) is 17.2 Å². The molecule has 0 bridgehead atoms. The maximum absolute atomic E-state index is 12.4. The van der Waals surface area contributed by atoms with E-state index in [1.54, 1.807) is 0 Å². The Morgan fingerprint density at radius 3 is 2.42 bits per heavy atom. The summed E-state index contributed by atoms with van der Waals surface area (Å²) >= 11 is 0. The Morgan fingerprint density at radius 1 is 1.26 bits per heavy atom. The topological polar surface area (TPSA) is 32.3 Å². The van der Waals surface area contributed by atoms with Gasteiger partial charge in [0.15, 0.2) is 0 Å². The van der Waals surface area contributed by atoms with Gasteiger partial charge in [-0.05, 0) is 55.0 Å². The van der Waals surface area contributed by atoms with Crippen LogP contribution in [0, 0.1) is 29.1 Å². The molecule has 3 fully saturated rings. The van der Waals surface area contributed by atoms with Crippen LogP contribution in [0.5, 0.6) is 0 Å². The average Bonchev–Trinajstić information content (AvgIpc) is 2.81. The van der Waals surface area contributed by atoms with E-state index < -0.39 is 0 Å². The molecule has 1 amide bonds. The van der Waals surface area contributed by atoms with Gasteiger partial charge in [0.25, 0.3) is 0 Å². The van der Waals surface area contributed by atoms with Crippen LogP contribution in [0.2, 0.25) is 0 Å². The SMILES string of the molecule is CC(CC(=O)N1CC2C(C1)C2(C)C)C1CCNCC1. The highest BCUT2D eigenvalue weighted by molar-refractivity contribution is 5.77. The van der Waals surface area contributed by atoms with Crippen LogP contribution in [0.15, 0.2) is 0 Å². The van der Waals surface area contributed by atoms with Gasteiger partial charge in [-0.25, -0.2) is 0 Å². The zero-order chi connectivity index (χ0) is 13.6. The summed E-state index contributed by atoms with van der Waals surface area (Å²) in [5.41, 5.74) is 0.511. The summed E-state index contributed by atoms with van der Waals surface area (Å²) in [6.07, 6.45) is 3.25. The first-order valence-corrected chi connectivity index (χ1v) is 7.98. The summed E-state index contributed by atoms with van der Waals surface area (Å²) in [4.78, 5) is 14.5. The second kappa shape index (κ2) is 4.76. The Labute approximate surface area is 117 Å². The van der Waals surface area contributed by atoms with Crippen molar-refractivity contribution in [3.05, 3.63) is 0 Å². The first-order valence-electron chi connectivity index (χ1n) is 7.98. The van der Waals surface area contributed by atoms with E-state index in [1.165, 1.54) is 12.8 Å². The monoisotopic (exact) mass is 264 g/mol. The van der Waals surface area contributed by atoms with Crippen molar-refractivity contribution >= 4 is 5.91 Å². The fourth-order valence-corrected chi connectivity index (χ4v) is 4.32. The van der Waals surface area contributed by atoms with E-state index in [9.17, 15) is 4.79 Å². The van der Waals surface area contributed by atoms with Crippen LogP contribution in [0.3, 0.4) is 0 Å². The van der Waals surface area contributed by atoms with Gasteiger partial charge in [-0.2, -0.15) is 0 Å². The zero-order valence-corrected chi connectivity index (χ0v) is 12.6. The molecule has 3 atom stereocenters. The van der Waals surface area contributed by atoms with Gasteiger partial charge in [0.2, 0.25) is 5.91 Å². The second-order valence-electron chi connectivity index (χ2n) is 7.60. The lowest BCUT2D eigenvalue weighted by molar-refractivity contribution is -0.132. The molecular weight excluding hydrogens is 236 g/mol. The smallest absolute Gasteiger partial charge is 0.222 e. The molecule has 3 rings (SSSR count). The van der Waals surface area contributed by atoms with Crippen LogP contribution in [0.25, 0.3) is 0 Å². The Balaban J connectivity index is 1.47. The quantitative estimate of drug-likeness (QED) is 0.847. The van der Waals surface area contributed by atoms with Crippen molar-refractivity contribution in [1.29, 1.82) is 0 Å². The molecule has 108 valence electrons. The molecule has 2 aliphatic heterocycles. The van der Waals surface area contributed by atoms with Crippen molar-refractivity contribution in [2.24, 2.45) is 29.1 Å². The van der Waals surface area contributed by atoms with Crippen molar-refractivity contribution in [3.8, 4) is 0 Å². The average molecular weight is 264 g/mol. The van der Waals surface area contributed by atoms with E-state index in [4.69, 9.17) is 0 Å². The number of nitrogens with one attached hydrogen (secondary N) is 1. The zero-order valence-electron chi connectivity index (χ0n) is 12.6. The third-order valence-corrected chi connectivity index (χ3v) is 6.16. The minimum absolute atomic E-state index is 0.411. The van der Waals surface area contributed by atoms with Gasteiger partial charge in [-0.1, -0.05) is 20.8 Å². The Kier molecular flexibility index (Phi) is 3.36. The summed E-state index contributed by atoms with van der Waals surface area (Å²) in [6.45, 7) is 11.3. The minimum atomic E-state index is 0.411. The lowest BCUT2D eigenvalue weighted by Gasteiger charge is -2.30. The Hall–Kier alpha value is -0.570. The molecule has 1 saturated carbocycles. The fourth-order valence-electron chi connectivity index (χ4n) is 4.32. The van der Waals surface area contributed by atoms with Crippen LogP contribution >= 0.6 is 0 Å². The number of amides is 1. The molecule has 3 unspecified atom stereocenters. The normalized spacial score (nSPS) is 35.0. The van der Waals surface area contributed by atoms with E-state index in [-0.39, 0.29) is 0 Å². The number of hydrogen-bond acceptors (Lipinski definition) is 2. The molecule has 0 aromatic heterocycles. The lowest BCUT2D eigenvalue weighted by atomic mass is 9.84. The summed E-state index contributed by atoms with van der Waals surface area (Å²) < 4.78 is 0. The standard InChI is InChI=1S/C16H28N2O/c1-11(12-4-6-17-7-5-12)8-15(19)18-9-13-14(10-18)16(13,2)3/h11-14,17H,4-10H2,1-3H3. The van der Waals surface area contributed by atoms with Gasteiger partial charge >= 0.3 is 0 Å². The van der Waals surface area contributed by atoms with E-state index >= 15 is 0 Å². The molecule has 3 aliphatic rings. The van der Waals surface area contributed by atoms with Crippen LogP contribution in [0.1, 0.15) is 40.0 Å². The van der Waals surface area contributed by atoms with Gasteiger partial charge < -0.3 is 10.2 Å². The molecule has 0 radical (unpaired) electrons. The van der Waals surface area contributed by atoms with Gasteiger partial charge in [0, 0.05) is 19.5 Å². The molecule has 0 aromatic carbocycles. The largest absolute Gasteiger partial charge is 0.342 e. The molecule has 19 heavy (non-hydrogen) atoms. The molecule has 1 N–H and O–H groups in total. The molecule has 2 heterocycles. The molecule has 2 saturated heterocycles. The predicted molar refractivity (Wildman–Crippen MR) is 76.7 cm³/mol. The highest BCUT2D eigenvalue weighted by Gasteiger charge is 2.62. The Bertz CT molecular complexity index is 346. The molecule has 3 heteroatoms. The van der Waals surface area contributed by atoms with Gasteiger partial charge in [0.1, 0.15) is 0 Å². The summed E-state index contributed by atoms with van der Waals surface area (Å²) in [7, 11) is 0. The molecule has 0 spiro atoms. The highest BCUT2D eigenvalue weighted by atomic mass is 16.2. The first-order chi connectivity index (χ1) is 9.00. The maximum Gasteiger partial charge on any atom is 0.222 e. The van der Waals surface area contributed by atoms with Gasteiger partial charge in [-0.15, -0.1) is 0 Å². The number of carbonyl (C=O) groups excluding carboxylic acids is 1. The van der Waals surface area contributed by atoms with E-state index in [0.717, 1.165) is 50.4 Å². The Morgan fingerprint density at radius 2 is 1.84 bits per heavy atom. The van der Waals surface area contributed by atoms with Crippen molar-refractivity contribution in [1.82, 2.24) is 10.2 Å². The number of hydrogen-bond donors (Lipinski definition) is 1. The van der Waals surface area contributed by atoms with Crippen LogP contribution in [-0.2, 0) is 4.79 Å². The third-order valence-electron chi connectivity index (χ3n) is 6.16. The molecule has 3 nitrogen and oxygen atoms in total. The number of rotatable bonds is 3. The number of carbonyl (C=O) groups is 1. The van der Waals surface area contributed by atoms with Crippen LogP contribution in [-0.4, -0.2) is 37.0 Å². The van der Waals surface area contributed by atoms with Crippen LogP contribution < -0.4 is 5.32 Å².